The highest BCUT2D eigenvalue weighted by atomic mass is 35.5. The third-order valence-corrected chi connectivity index (χ3v) is 7.34. The molecule has 0 radical (unpaired) electrons. The zero-order valence-corrected chi connectivity index (χ0v) is 17.6. The number of fused-ring (bicyclic) bond motifs is 1. The van der Waals surface area contributed by atoms with E-state index in [1.54, 1.807) is 0 Å². The number of anilines is 1. The molecule has 0 unspecified atom stereocenters. The Kier molecular flexibility index (Phi) is 5.49. The first-order chi connectivity index (χ1) is 14.2. The molecular weight excluding hydrogens is 487 g/mol. The summed E-state index contributed by atoms with van der Waals surface area (Å²) in [5.74, 6) is -3.36. The van der Waals surface area contributed by atoms with Crippen molar-refractivity contribution in [3.05, 3.63) is 64.3 Å². The Hall–Kier alpha value is -2.77. The van der Waals surface area contributed by atoms with E-state index >= 15 is 0 Å². The maximum atomic E-state index is 13.2. The predicted octanol–water partition coefficient (Wildman–Crippen LogP) is 3.48. The minimum absolute atomic E-state index is 0.0293. The fourth-order valence-corrected chi connectivity index (χ4v) is 5.20. The van der Waals surface area contributed by atoms with Crippen molar-refractivity contribution in [2.24, 2.45) is 0 Å². The molecule has 3 rings (SSSR count). The van der Waals surface area contributed by atoms with E-state index in [2.05, 4.69) is 4.18 Å². The van der Waals surface area contributed by atoms with E-state index in [1.165, 1.54) is 31.2 Å². The molecule has 31 heavy (non-hydrogen) atoms. The molecule has 1 N–H and O–H groups in total. The molecule has 2 aromatic rings. The van der Waals surface area contributed by atoms with Gasteiger partial charge in [0.1, 0.15) is 0 Å². The Balaban J connectivity index is 2.46. The minimum Gasteiger partial charge on any atom is -0.476 e. The highest BCUT2D eigenvalue weighted by Gasteiger charge is 2.52. The summed E-state index contributed by atoms with van der Waals surface area (Å²) in [5, 5.41) is 9.73. The third-order valence-electron chi connectivity index (χ3n) is 4.21. The fourth-order valence-electron chi connectivity index (χ4n) is 2.81. The molecule has 0 saturated heterocycles. The summed E-state index contributed by atoms with van der Waals surface area (Å²) in [6, 6.07) is 8.12. The molecule has 1 heterocycles. The summed E-state index contributed by atoms with van der Waals surface area (Å²) in [4.78, 5) is 11.4. The van der Waals surface area contributed by atoms with Crippen molar-refractivity contribution in [3.63, 3.8) is 0 Å². The normalized spacial score (nSPS) is 16.1. The Morgan fingerprint density at radius 3 is 2.32 bits per heavy atom. The standard InChI is InChI=1S/C17H11ClF3NO7S2/c1-9-11(18)6-4-7-12(9)22-14(16(23)24)15(29-31(27,28)17(19,20)21)10-5-2-3-8-13(10)30(22,25)26/h2-8H,1H3,(H,23,24). The lowest BCUT2D eigenvalue weighted by molar-refractivity contribution is -0.132. The molecular formula is C17H11ClF3NO7S2. The van der Waals surface area contributed by atoms with Gasteiger partial charge in [0.2, 0.25) is 0 Å². The quantitative estimate of drug-likeness (QED) is 0.507. The van der Waals surface area contributed by atoms with Crippen LogP contribution >= 0.6 is 11.6 Å². The molecule has 166 valence electrons. The van der Waals surface area contributed by atoms with Crippen LogP contribution in [0.4, 0.5) is 18.9 Å². The second-order valence-corrected chi connectivity index (χ2v) is 9.82. The minimum atomic E-state index is -6.34. The van der Waals surface area contributed by atoms with Crippen LogP contribution in [0.5, 0.6) is 0 Å². The Morgan fingerprint density at radius 2 is 1.74 bits per heavy atom. The monoisotopic (exact) mass is 497 g/mol. The van der Waals surface area contributed by atoms with Gasteiger partial charge in [-0.05, 0) is 36.8 Å². The summed E-state index contributed by atoms with van der Waals surface area (Å²) in [5.41, 5.74) is -8.15. The van der Waals surface area contributed by atoms with Gasteiger partial charge >= 0.3 is 21.6 Å². The molecule has 14 heteroatoms. The van der Waals surface area contributed by atoms with Gasteiger partial charge in [0, 0.05) is 10.6 Å². The molecule has 1 aliphatic heterocycles. The van der Waals surface area contributed by atoms with Crippen LogP contribution in [0, 0.1) is 6.92 Å². The molecule has 0 atom stereocenters. The number of halogens is 4. The van der Waals surface area contributed by atoms with E-state index in [4.69, 9.17) is 11.6 Å². The maximum absolute atomic E-state index is 13.2. The number of benzene rings is 2. The van der Waals surface area contributed by atoms with Crippen LogP contribution in [0.25, 0.3) is 5.76 Å². The van der Waals surface area contributed by atoms with Crippen LogP contribution in [0.3, 0.4) is 0 Å². The number of aliphatic carboxylic acids is 1. The van der Waals surface area contributed by atoms with Gasteiger partial charge in [-0.3, -0.25) is 0 Å². The lowest BCUT2D eigenvalue weighted by Gasteiger charge is -2.32. The van der Waals surface area contributed by atoms with E-state index < -0.39 is 53.5 Å². The zero-order valence-electron chi connectivity index (χ0n) is 15.2. The molecule has 0 spiro atoms. The summed E-state index contributed by atoms with van der Waals surface area (Å²) in [7, 11) is -11.0. The summed E-state index contributed by atoms with van der Waals surface area (Å²) in [6.45, 7) is 1.35. The van der Waals surface area contributed by atoms with Crippen molar-refractivity contribution < 1.29 is 44.1 Å². The molecule has 0 aromatic heterocycles. The molecule has 2 aromatic carbocycles. The van der Waals surface area contributed by atoms with Gasteiger partial charge in [-0.2, -0.15) is 21.6 Å². The smallest absolute Gasteiger partial charge is 0.476 e. The summed E-state index contributed by atoms with van der Waals surface area (Å²) < 4.78 is 93.0. The van der Waals surface area contributed by atoms with Gasteiger partial charge in [-0.15, -0.1) is 0 Å². The first-order valence-electron chi connectivity index (χ1n) is 8.08. The van der Waals surface area contributed by atoms with Crippen LogP contribution in [0.2, 0.25) is 5.02 Å². The molecule has 0 bridgehead atoms. The van der Waals surface area contributed by atoms with Gasteiger partial charge in [-0.1, -0.05) is 29.8 Å². The Morgan fingerprint density at radius 1 is 1.13 bits per heavy atom. The van der Waals surface area contributed by atoms with Crippen molar-refractivity contribution in [2.75, 3.05) is 4.31 Å². The van der Waals surface area contributed by atoms with Crippen LogP contribution in [-0.4, -0.2) is 33.4 Å². The first-order valence-corrected chi connectivity index (χ1v) is 11.3. The average Bonchev–Trinajstić information content (AvgIpc) is 2.65. The van der Waals surface area contributed by atoms with Crippen molar-refractivity contribution in [3.8, 4) is 0 Å². The topological polar surface area (TPSA) is 118 Å². The average molecular weight is 498 g/mol. The molecule has 0 fully saturated rings. The number of nitrogens with zero attached hydrogens (tertiary/aromatic N) is 1. The lowest BCUT2D eigenvalue weighted by Crippen LogP contribution is -2.40. The van der Waals surface area contributed by atoms with Crippen molar-refractivity contribution in [1.82, 2.24) is 0 Å². The molecule has 0 aliphatic carbocycles. The van der Waals surface area contributed by atoms with Gasteiger partial charge in [0.25, 0.3) is 10.0 Å². The van der Waals surface area contributed by atoms with Gasteiger partial charge in [0.05, 0.1) is 10.6 Å². The zero-order chi connectivity index (χ0) is 23.4. The molecule has 1 aliphatic rings. The van der Waals surface area contributed by atoms with Crippen molar-refractivity contribution in [2.45, 2.75) is 17.3 Å². The number of carboxylic acids is 1. The SMILES string of the molecule is Cc1c(Cl)cccc1N1C(C(=O)O)=C(OS(=O)(=O)C(F)(F)F)c2ccccc2S1(=O)=O. The van der Waals surface area contributed by atoms with Crippen LogP contribution in [0.1, 0.15) is 11.1 Å². The lowest BCUT2D eigenvalue weighted by atomic mass is 10.1. The number of carboxylic acid groups (broad SMARTS) is 1. The van der Waals surface area contributed by atoms with E-state index in [-0.39, 0.29) is 20.6 Å². The third kappa shape index (κ3) is 3.72. The van der Waals surface area contributed by atoms with Gasteiger partial charge < -0.3 is 9.29 Å². The molecule has 8 nitrogen and oxygen atoms in total. The number of carbonyl (C=O) groups is 1. The summed E-state index contributed by atoms with van der Waals surface area (Å²) >= 11 is 6.00. The van der Waals surface area contributed by atoms with E-state index in [1.807, 2.05) is 0 Å². The fraction of sp³-hybridized carbons (Fsp3) is 0.118. The van der Waals surface area contributed by atoms with E-state index in [9.17, 15) is 39.9 Å². The highest BCUT2D eigenvalue weighted by Crippen LogP contribution is 2.44. The maximum Gasteiger partial charge on any atom is 0.534 e. The van der Waals surface area contributed by atoms with Crippen LogP contribution in [-0.2, 0) is 29.1 Å². The first kappa shape index (κ1) is 22.9. The van der Waals surface area contributed by atoms with Gasteiger partial charge in [-0.25, -0.2) is 17.5 Å². The number of alkyl halides is 3. The predicted molar refractivity (Wildman–Crippen MR) is 103 cm³/mol. The van der Waals surface area contributed by atoms with Crippen LogP contribution in [0.15, 0.2) is 53.1 Å². The second kappa shape index (κ2) is 7.43. The largest absolute Gasteiger partial charge is 0.534 e. The second-order valence-electron chi connectivity index (χ2n) is 6.12. The van der Waals surface area contributed by atoms with E-state index in [0.29, 0.717) is 0 Å². The number of rotatable bonds is 4. The Bertz CT molecular complexity index is 1340. The Labute approximate surface area is 179 Å². The van der Waals surface area contributed by atoms with Crippen LogP contribution < -0.4 is 4.31 Å². The number of hydrogen-bond donors (Lipinski definition) is 1. The van der Waals surface area contributed by atoms with Crippen molar-refractivity contribution in [1.29, 1.82) is 0 Å². The molecule has 0 amide bonds. The highest BCUT2D eigenvalue weighted by molar-refractivity contribution is 7.93. The van der Waals surface area contributed by atoms with E-state index in [0.717, 1.165) is 18.2 Å². The number of sulfonamides is 1. The number of hydrogen-bond acceptors (Lipinski definition) is 6. The summed E-state index contributed by atoms with van der Waals surface area (Å²) in [6.07, 6.45) is 0. The molecule has 0 saturated carbocycles. The van der Waals surface area contributed by atoms with Crippen molar-refractivity contribution >= 4 is 49.2 Å². The van der Waals surface area contributed by atoms with Gasteiger partial charge in [0.15, 0.2) is 11.5 Å².